The van der Waals surface area contributed by atoms with Crippen LogP contribution >= 0.6 is 0 Å². The van der Waals surface area contributed by atoms with Crippen molar-refractivity contribution in [3.8, 4) is 6.07 Å². The number of nitrogens with zero attached hydrogens (tertiary/aromatic N) is 4. The second kappa shape index (κ2) is 8.70. The third-order valence-electron chi connectivity index (χ3n) is 5.04. The first kappa shape index (κ1) is 19.6. The topological polar surface area (TPSA) is 93.9 Å². The predicted octanol–water partition coefficient (Wildman–Crippen LogP) is 2.88. The van der Waals surface area contributed by atoms with Crippen molar-refractivity contribution in [2.45, 2.75) is 44.7 Å². The van der Waals surface area contributed by atoms with Crippen LogP contribution in [0.1, 0.15) is 47.2 Å². The molecule has 0 bridgehead atoms. The number of carbonyl (C=O) groups is 1. The van der Waals surface area contributed by atoms with Crippen molar-refractivity contribution in [3.63, 3.8) is 0 Å². The Labute approximate surface area is 165 Å². The fourth-order valence-electron chi connectivity index (χ4n) is 3.33. The Kier molecular flexibility index (Phi) is 6.09. The minimum Gasteiger partial charge on any atom is -0.367 e. The summed E-state index contributed by atoms with van der Waals surface area (Å²) in [6.07, 6.45) is 5.63. The number of hydrogen-bond acceptors (Lipinski definition) is 6. The lowest BCUT2D eigenvalue weighted by Gasteiger charge is -2.30. The Morgan fingerprint density at radius 1 is 1.14 bits per heavy atom. The van der Waals surface area contributed by atoms with Crippen molar-refractivity contribution in [1.82, 2.24) is 15.3 Å². The van der Waals surface area contributed by atoms with Crippen molar-refractivity contribution in [3.05, 3.63) is 47.2 Å². The van der Waals surface area contributed by atoms with Crippen LogP contribution in [0.3, 0.4) is 0 Å². The largest absolute Gasteiger partial charge is 0.367 e. The van der Waals surface area contributed by atoms with Gasteiger partial charge in [0.25, 0.3) is 5.91 Å². The van der Waals surface area contributed by atoms with E-state index >= 15 is 0 Å². The number of rotatable bonds is 5. The fourth-order valence-corrected chi connectivity index (χ4v) is 3.33. The van der Waals surface area contributed by atoms with Gasteiger partial charge in [-0.05, 0) is 56.9 Å². The Morgan fingerprint density at radius 3 is 2.39 bits per heavy atom. The third-order valence-corrected chi connectivity index (χ3v) is 5.04. The lowest BCUT2D eigenvalue weighted by Crippen LogP contribution is -2.40. The van der Waals surface area contributed by atoms with E-state index in [1.165, 1.54) is 0 Å². The van der Waals surface area contributed by atoms with E-state index in [1.807, 2.05) is 32.1 Å². The van der Waals surface area contributed by atoms with Gasteiger partial charge < -0.3 is 15.5 Å². The Bertz CT molecular complexity index is 863. The van der Waals surface area contributed by atoms with E-state index in [2.05, 4.69) is 26.7 Å². The van der Waals surface area contributed by atoms with Gasteiger partial charge in [-0.3, -0.25) is 4.79 Å². The highest BCUT2D eigenvalue weighted by Crippen LogP contribution is 2.24. The molecule has 0 atom stereocenters. The lowest BCUT2D eigenvalue weighted by atomic mass is 9.91. The summed E-state index contributed by atoms with van der Waals surface area (Å²) in [5.74, 6) is 1.49. The monoisotopic (exact) mass is 378 g/mol. The van der Waals surface area contributed by atoms with Crippen LogP contribution in [0.2, 0.25) is 0 Å². The smallest absolute Gasteiger partial charge is 0.251 e. The summed E-state index contributed by atoms with van der Waals surface area (Å²) in [4.78, 5) is 23.2. The molecule has 1 amide bonds. The van der Waals surface area contributed by atoms with Crippen LogP contribution in [-0.2, 0) is 0 Å². The first-order chi connectivity index (χ1) is 13.5. The molecule has 1 saturated carbocycles. The van der Waals surface area contributed by atoms with Gasteiger partial charge in [0, 0.05) is 43.5 Å². The maximum Gasteiger partial charge on any atom is 0.251 e. The van der Waals surface area contributed by atoms with E-state index in [9.17, 15) is 4.79 Å². The third kappa shape index (κ3) is 4.77. The Balaban J connectivity index is 1.52. The Hall–Kier alpha value is -3.14. The number of aryl methyl sites for hydroxylation is 1. The highest BCUT2D eigenvalue weighted by Gasteiger charge is 2.23. The normalized spacial score (nSPS) is 18.8. The summed E-state index contributed by atoms with van der Waals surface area (Å²) in [6.45, 7) is 2.01. The standard InChI is InChI=1S/C21H26N6O/c1-14-13-23-21(27(2)3)26-19(14)24-17-8-10-18(11-9-17)25-20(28)16-6-4-15(12-22)5-7-16/h4-7,13,17-18H,8-11H2,1-3H3,(H,25,28)(H,23,24,26)/t17-,18+. The molecule has 146 valence electrons. The summed E-state index contributed by atoms with van der Waals surface area (Å²) in [6, 6.07) is 9.30. The fraction of sp³-hybridized carbons (Fsp3) is 0.429. The molecule has 1 aromatic heterocycles. The first-order valence-electron chi connectivity index (χ1n) is 9.55. The zero-order valence-electron chi connectivity index (χ0n) is 16.6. The molecule has 0 saturated heterocycles. The van der Waals surface area contributed by atoms with Crippen molar-refractivity contribution in [1.29, 1.82) is 5.26 Å². The number of carbonyl (C=O) groups excluding carboxylic acids is 1. The van der Waals surface area contributed by atoms with Crippen LogP contribution in [0.15, 0.2) is 30.5 Å². The molecule has 2 N–H and O–H groups in total. The molecule has 28 heavy (non-hydrogen) atoms. The molecule has 1 fully saturated rings. The van der Waals surface area contributed by atoms with Crippen molar-refractivity contribution in [2.75, 3.05) is 24.3 Å². The maximum absolute atomic E-state index is 12.4. The second-order valence-corrected chi connectivity index (χ2v) is 7.45. The quantitative estimate of drug-likeness (QED) is 0.831. The van der Waals surface area contributed by atoms with Crippen LogP contribution in [0, 0.1) is 18.3 Å². The van der Waals surface area contributed by atoms with Gasteiger partial charge in [0.15, 0.2) is 0 Å². The molecule has 2 aromatic rings. The molecule has 0 aliphatic heterocycles. The summed E-state index contributed by atoms with van der Waals surface area (Å²) in [7, 11) is 3.85. The van der Waals surface area contributed by atoms with Gasteiger partial charge in [0.1, 0.15) is 5.82 Å². The highest BCUT2D eigenvalue weighted by molar-refractivity contribution is 5.94. The van der Waals surface area contributed by atoms with E-state index in [0.29, 0.717) is 23.1 Å². The number of amides is 1. The summed E-state index contributed by atoms with van der Waals surface area (Å²) in [5.41, 5.74) is 2.18. The number of hydrogen-bond donors (Lipinski definition) is 2. The van der Waals surface area contributed by atoms with E-state index in [-0.39, 0.29) is 11.9 Å². The summed E-state index contributed by atoms with van der Waals surface area (Å²) in [5, 5.41) is 15.5. The zero-order valence-corrected chi connectivity index (χ0v) is 16.6. The molecule has 1 aliphatic rings. The van der Waals surface area contributed by atoms with Crippen LogP contribution < -0.4 is 15.5 Å². The summed E-state index contributed by atoms with van der Waals surface area (Å²) >= 11 is 0. The molecule has 1 heterocycles. The molecular formula is C21H26N6O. The Morgan fingerprint density at radius 2 is 1.79 bits per heavy atom. The number of nitrogens with one attached hydrogen (secondary N) is 2. The SMILES string of the molecule is Cc1cnc(N(C)C)nc1N[C@H]1CC[C@@H](NC(=O)c2ccc(C#N)cc2)CC1. The highest BCUT2D eigenvalue weighted by atomic mass is 16.1. The van der Waals surface area contributed by atoms with E-state index in [1.54, 1.807) is 24.3 Å². The van der Waals surface area contributed by atoms with Gasteiger partial charge in [0.05, 0.1) is 11.6 Å². The van der Waals surface area contributed by atoms with Gasteiger partial charge in [-0.15, -0.1) is 0 Å². The molecule has 1 aliphatic carbocycles. The molecule has 0 radical (unpaired) electrons. The molecule has 0 unspecified atom stereocenters. The molecule has 3 rings (SSSR count). The van der Waals surface area contributed by atoms with Crippen LogP contribution in [0.5, 0.6) is 0 Å². The number of aromatic nitrogens is 2. The van der Waals surface area contributed by atoms with Gasteiger partial charge in [-0.2, -0.15) is 10.2 Å². The number of nitriles is 1. The van der Waals surface area contributed by atoms with Crippen molar-refractivity contribution < 1.29 is 4.79 Å². The molecule has 0 spiro atoms. The average molecular weight is 378 g/mol. The molecule has 1 aromatic carbocycles. The second-order valence-electron chi connectivity index (χ2n) is 7.45. The average Bonchev–Trinajstić information content (AvgIpc) is 2.71. The minimum absolute atomic E-state index is 0.0804. The van der Waals surface area contributed by atoms with Gasteiger partial charge in [-0.1, -0.05) is 0 Å². The summed E-state index contributed by atoms with van der Waals surface area (Å²) < 4.78 is 0. The van der Waals surface area contributed by atoms with Crippen molar-refractivity contribution in [2.24, 2.45) is 0 Å². The van der Waals surface area contributed by atoms with Gasteiger partial charge in [-0.25, -0.2) is 4.98 Å². The van der Waals surface area contributed by atoms with E-state index < -0.39 is 0 Å². The minimum atomic E-state index is -0.0804. The number of anilines is 2. The van der Waals surface area contributed by atoms with Gasteiger partial charge >= 0.3 is 0 Å². The zero-order chi connectivity index (χ0) is 20.1. The van der Waals surface area contributed by atoms with E-state index in [4.69, 9.17) is 5.26 Å². The van der Waals surface area contributed by atoms with E-state index in [0.717, 1.165) is 37.1 Å². The predicted molar refractivity (Wildman–Crippen MR) is 109 cm³/mol. The van der Waals surface area contributed by atoms with Crippen LogP contribution in [-0.4, -0.2) is 42.1 Å². The molecular weight excluding hydrogens is 352 g/mol. The van der Waals surface area contributed by atoms with Crippen LogP contribution in [0.25, 0.3) is 0 Å². The maximum atomic E-state index is 12.4. The number of benzene rings is 1. The van der Waals surface area contributed by atoms with Crippen LogP contribution in [0.4, 0.5) is 11.8 Å². The van der Waals surface area contributed by atoms with Gasteiger partial charge in [0.2, 0.25) is 5.95 Å². The van der Waals surface area contributed by atoms with Crippen molar-refractivity contribution >= 4 is 17.7 Å². The molecule has 7 heteroatoms. The lowest BCUT2D eigenvalue weighted by molar-refractivity contribution is 0.0926. The first-order valence-corrected chi connectivity index (χ1v) is 9.55. The molecule has 7 nitrogen and oxygen atoms in total.